The van der Waals surface area contributed by atoms with Gasteiger partial charge in [0, 0.05) is 32.7 Å². The van der Waals surface area contributed by atoms with Gasteiger partial charge in [-0.3, -0.25) is 4.79 Å². The molecule has 2 aliphatic rings. The molecule has 7 heteroatoms. The highest BCUT2D eigenvalue weighted by atomic mass is 16.5. The molecule has 0 spiro atoms. The maximum atomic E-state index is 12.2. The van der Waals surface area contributed by atoms with Crippen LogP contribution in [0.4, 0.5) is 0 Å². The summed E-state index contributed by atoms with van der Waals surface area (Å²) in [5, 5.41) is 8.12. The molecule has 1 aromatic heterocycles. The molecule has 1 aromatic rings. The Hall–Kier alpha value is -1.47. The number of piperidine rings is 1. The summed E-state index contributed by atoms with van der Waals surface area (Å²) >= 11 is 0. The molecule has 1 atom stereocenters. The lowest BCUT2D eigenvalue weighted by Crippen LogP contribution is -2.40. The van der Waals surface area contributed by atoms with Crippen LogP contribution in [-0.2, 0) is 21.3 Å². The van der Waals surface area contributed by atoms with Gasteiger partial charge in [0.05, 0.1) is 12.7 Å². The average Bonchev–Trinajstić information content (AvgIpc) is 3.02. The molecule has 0 N–H and O–H groups in total. The van der Waals surface area contributed by atoms with E-state index in [1.165, 1.54) is 6.42 Å². The summed E-state index contributed by atoms with van der Waals surface area (Å²) in [5.74, 6) is 1.49. The molecule has 3 rings (SSSR count). The fourth-order valence-corrected chi connectivity index (χ4v) is 3.36. The van der Waals surface area contributed by atoms with Crippen molar-refractivity contribution in [1.29, 1.82) is 0 Å². The summed E-state index contributed by atoms with van der Waals surface area (Å²) in [5.41, 5.74) is 0. The zero-order valence-corrected chi connectivity index (χ0v) is 13.8. The lowest BCUT2D eigenvalue weighted by molar-refractivity contribution is -0.139. The molecular formula is C16H26N4O3. The largest absolute Gasteiger partial charge is 0.376 e. The van der Waals surface area contributed by atoms with Crippen molar-refractivity contribution in [1.82, 2.24) is 19.7 Å². The average molecular weight is 322 g/mol. The van der Waals surface area contributed by atoms with Gasteiger partial charge in [-0.2, -0.15) is 0 Å². The van der Waals surface area contributed by atoms with Gasteiger partial charge in [0.1, 0.15) is 18.8 Å². The Kier molecular flexibility index (Phi) is 5.61. The summed E-state index contributed by atoms with van der Waals surface area (Å²) in [6.07, 6.45) is 7.13. The molecule has 0 saturated carbocycles. The number of likely N-dealkylation sites (tertiary alicyclic amines) is 1. The summed E-state index contributed by atoms with van der Waals surface area (Å²) in [6.45, 7) is 3.03. The van der Waals surface area contributed by atoms with Crippen molar-refractivity contribution in [2.75, 3.05) is 32.9 Å². The van der Waals surface area contributed by atoms with Crippen LogP contribution in [0.2, 0.25) is 0 Å². The zero-order valence-electron chi connectivity index (χ0n) is 13.8. The van der Waals surface area contributed by atoms with E-state index in [0.717, 1.165) is 51.2 Å². The number of aryl methyl sites for hydroxylation is 1. The lowest BCUT2D eigenvalue weighted by Gasteiger charge is -2.31. The van der Waals surface area contributed by atoms with Gasteiger partial charge >= 0.3 is 0 Å². The van der Waals surface area contributed by atoms with Gasteiger partial charge in [-0.15, -0.1) is 10.2 Å². The quantitative estimate of drug-likeness (QED) is 0.812. The number of amides is 1. The van der Waals surface area contributed by atoms with Crippen molar-refractivity contribution in [3.8, 4) is 0 Å². The second-order valence-corrected chi connectivity index (χ2v) is 6.46. The Morgan fingerprint density at radius 1 is 1.35 bits per heavy atom. The number of ether oxygens (including phenoxy) is 2. The molecule has 128 valence electrons. The van der Waals surface area contributed by atoms with E-state index in [-0.39, 0.29) is 18.6 Å². The second-order valence-electron chi connectivity index (χ2n) is 6.46. The van der Waals surface area contributed by atoms with Crippen LogP contribution in [-0.4, -0.2) is 64.6 Å². The van der Waals surface area contributed by atoms with Crippen LogP contribution < -0.4 is 0 Å². The Labute approximate surface area is 137 Å². The predicted octanol–water partition coefficient (Wildman–Crippen LogP) is 1.11. The fourth-order valence-electron chi connectivity index (χ4n) is 3.36. The zero-order chi connectivity index (χ0) is 16.1. The fraction of sp³-hybridized carbons (Fsp3) is 0.812. The van der Waals surface area contributed by atoms with Gasteiger partial charge in [-0.1, -0.05) is 0 Å². The Morgan fingerprint density at radius 2 is 2.17 bits per heavy atom. The minimum absolute atomic E-state index is 0.0808. The number of nitrogens with zero attached hydrogens (tertiary/aromatic N) is 4. The van der Waals surface area contributed by atoms with Crippen LogP contribution in [0.25, 0.3) is 0 Å². The summed E-state index contributed by atoms with van der Waals surface area (Å²) in [7, 11) is 1.97. The smallest absolute Gasteiger partial charge is 0.248 e. The Balaban J connectivity index is 1.37. The standard InChI is InChI=1S/C16H26N4O3/c1-19-12-17-18-16(19)13-5-7-20(8-6-13)15(21)11-22-10-14-4-2-3-9-23-14/h12-14H,2-11H2,1H3. The minimum atomic E-state index is 0.0808. The molecule has 0 bridgehead atoms. The van der Waals surface area contributed by atoms with Crippen molar-refractivity contribution >= 4 is 5.91 Å². The highest BCUT2D eigenvalue weighted by Crippen LogP contribution is 2.26. The molecule has 3 heterocycles. The molecule has 1 unspecified atom stereocenters. The molecule has 2 fully saturated rings. The molecule has 2 saturated heterocycles. The molecule has 2 aliphatic heterocycles. The van der Waals surface area contributed by atoms with Gasteiger partial charge in [0.15, 0.2) is 0 Å². The number of aromatic nitrogens is 3. The van der Waals surface area contributed by atoms with Crippen molar-refractivity contribution in [3.05, 3.63) is 12.2 Å². The summed E-state index contributed by atoms with van der Waals surface area (Å²) in [4.78, 5) is 14.1. The lowest BCUT2D eigenvalue weighted by atomic mass is 9.96. The molecule has 0 radical (unpaired) electrons. The third kappa shape index (κ3) is 4.29. The number of rotatable bonds is 5. The molecule has 1 amide bonds. The first-order valence-corrected chi connectivity index (χ1v) is 8.55. The first kappa shape index (κ1) is 16.4. The first-order valence-electron chi connectivity index (χ1n) is 8.55. The van der Waals surface area contributed by atoms with Crippen LogP contribution >= 0.6 is 0 Å². The van der Waals surface area contributed by atoms with Crippen LogP contribution in [0.3, 0.4) is 0 Å². The molecule has 0 aliphatic carbocycles. The third-order valence-corrected chi connectivity index (χ3v) is 4.76. The summed E-state index contributed by atoms with van der Waals surface area (Å²) in [6, 6.07) is 0. The number of carbonyl (C=O) groups is 1. The van der Waals surface area contributed by atoms with E-state index < -0.39 is 0 Å². The topological polar surface area (TPSA) is 69.5 Å². The van der Waals surface area contributed by atoms with E-state index in [4.69, 9.17) is 9.47 Å². The monoisotopic (exact) mass is 322 g/mol. The number of hydrogen-bond donors (Lipinski definition) is 0. The molecule has 7 nitrogen and oxygen atoms in total. The van der Waals surface area contributed by atoms with Crippen molar-refractivity contribution in [2.24, 2.45) is 7.05 Å². The highest BCUT2D eigenvalue weighted by molar-refractivity contribution is 5.77. The van der Waals surface area contributed by atoms with E-state index in [0.29, 0.717) is 12.5 Å². The first-order chi connectivity index (χ1) is 11.2. The van der Waals surface area contributed by atoms with E-state index in [1.54, 1.807) is 6.33 Å². The highest BCUT2D eigenvalue weighted by Gasteiger charge is 2.26. The van der Waals surface area contributed by atoms with Gasteiger partial charge in [0.2, 0.25) is 5.91 Å². The van der Waals surface area contributed by atoms with E-state index in [2.05, 4.69) is 10.2 Å². The number of carbonyl (C=O) groups excluding carboxylic acids is 1. The Morgan fingerprint density at radius 3 is 2.83 bits per heavy atom. The molecule has 23 heavy (non-hydrogen) atoms. The van der Waals surface area contributed by atoms with Crippen LogP contribution in [0, 0.1) is 0 Å². The van der Waals surface area contributed by atoms with Crippen LogP contribution in [0.1, 0.15) is 43.8 Å². The van der Waals surface area contributed by atoms with Gasteiger partial charge in [-0.25, -0.2) is 0 Å². The number of hydrogen-bond acceptors (Lipinski definition) is 5. The minimum Gasteiger partial charge on any atom is -0.376 e. The Bertz CT molecular complexity index is 505. The van der Waals surface area contributed by atoms with Crippen LogP contribution in [0.5, 0.6) is 0 Å². The van der Waals surface area contributed by atoms with Crippen LogP contribution in [0.15, 0.2) is 6.33 Å². The van der Waals surface area contributed by atoms with Gasteiger partial charge in [-0.05, 0) is 32.1 Å². The van der Waals surface area contributed by atoms with Gasteiger partial charge < -0.3 is 18.9 Å². The van der Waals surface area contributed by atoms with Crippen molar-refractivity contribution in [2.45, 2.75) is 44.1 Å². The van der Waals surface area contributed by atoms with E-state index in [9.17, 15) is 4.79 Å². The van der Waals surface area contributed by atoms with Gasteiger partial charge in [0.25, 0.3) is 0 Å². The molecular weight excluding hydrogens is 296 g/mol. The molecule has 0 aromatic carbocycles. The third-order valence-electron chi connectivity index (χ3n) is 4.76. The van der Waals surface area contributed by atoms with Crippen molar-refractivity contribution in [3.63, 3.8) is 0 Å². The second kappa shape index (κ2) is 7.88. The van der Waals surface area contributed by atoms with E-state index in [1.807, 2.05) is 16.5 Å². The SMILES string of the molecule is Cn1cnnc1C1CCN(C(=O)COCC2CCCCO2)CC1. The van der Waals surface area contributed by atoms with Crippen molar-refractivity contribution < 1.29 is 14.3 Å². The summed E-state index contributed by atoms with van der Waals surface area (Å²) < 4.78 is 13.1. The maximum absolute atomic E-state index is 12.2. The normalized spacial score (nSPS) is 23.2. The predicted molar refractivity (Wildman–Crippen MR) is 84.0 cm³/mol. The maximum Gasteiger partial charge on any atom is 0.248 e. The van der Waals surface area contributed by atoms with E-state index >= 15 is 0 Å².